The number of furan rings is 2. The molecule has 276 valence electrons. The van der Waals surface area contributed by atoms with Gasteiger partial charge in [-0.05, 0) is 72.9 Å². The number of thiazole rings is 2. The fourth-order valence-electron chi connectivity index (χ4n) is 4.64. The number of benzene rings is 2. The number of hydrogen-bond donors (Lipinski definition) is 2. The Kier molecular flexibility index (Phi) is 11.8. The maximum atomic E-state index is 12.9. The first kappa shape index (κ1) is 38.9. The third-order valence-corrected chi connectivity index (χ3v) is 10.2. The van der Waals surface area contributed by atoms with Crippen LogP contribution in [0.4, 0.5) is 29.1 Å². The molecule has 17 heteroatoms. The van der Waals surface area contributed by atoms with Gasteiger partial charge < -0.3 is 8.83 Å². The second-order valence-electron chi connectivity index (χ2n) is 12.2. The second kappa shape index (κ2) is 16.1. The maximum absolute atomic E-state index is 12.9. The first-order chi connectivity index (χ1) is 25.0. The van der Waals surface area contributed by atoms with Crippen LogP contribution in [0.25, 0.3) is 22.6 Å². The van der Waals surface area contributed by atoms with Crippen molar-refractivity contribution in [3.05, 3.63) is 121 Å². The summed E-state index contributed by atoms with van der Waals surface area (Å²) in [4.78, 5) is 45.8. The fraction of sp³-hybridized carbons (Fsp3) is 0.222. The van der Waals surface area contributed by atoms with E-state index in [1.54, 1.807) is 37.5 Å². The molecule has 0 bridgehead atoms. The number of rotatable bonds is 9. The summed E-state index contributed by atoms with van der Waals surface area (Å²) in [5, 5.41) is 17.5. The molecule has 0 fully saturated rings. The zero-order valence-electron chi connectivity index (χ0n) is 28.7. The van der Waals surface area contributed by atoms with Crippen molar-refractivity contribution in [1.29, 1.82) is 0 Å². The number of aromatic nitrogens is 2. The van der Waals surface area contributed by atoms with Crippen LogP contribution in [0.5, 0.6) is 0 Å². The Bertz CT molecular complexity index is 2270. The number of carbonyl (C=O) groups excluding carboxylic acids is 2. The highest BCUT2D eigenvalue weighted by atomic mass is 35.5. The van der Waals surface area contributed by atoms with Gasteiger partial charge in [0.1, 0.15) is 11.5 Å². The van der Waals surface area contributed by atoms with Crippen molar-refractivity contribution < 1.29 is 36.5 Å². The van der Waals surface area contributed by atoms with E-state index in [2.05, 4.69) is 20.6 Å². The topological polar surface area (TPSA) is 153 Å². The van der Waals surface area contributed by atoms with Gasteiger partial charge in [-0.25, -0.2) is 9.97 Å². The third kappa shape index (κ3) is 9.57. The van der Waals surface area contributed by atoms with Crippen molar-refractivity contribution in [3.63, 3.8) is 0 Å². The molecule has 4 aromatic heterocycles. The molecule has 0 radical (unpaired) electrons. The number of alkyl halides is 3. The normalized spacial score (nSPS) is 11.4. The van der Waals surface area contributed by atoms with Crippen LogP contribution < -0.4 is 10.6 Å². The molecule has 6 rings (SSSR count). The van der Waals surface area contributed by atoms with Gasteiger partial charge in [-0.3, -0.25) is 30.3 Å². The van der Waals surface area contributed by atoms with Crippen molar-refractivity contribution in [2.75, 3.05) is 10.6 Å². The van der Waals surface area contributed by atoms with E-state index < -0.39 is 28.5 Å². The van der Waals surface area contributed by atoms with E-state index >= 15 is 0 Å². The summed E-state index contributed by atoms with van der Waals surface area (Å²) < 4.78 is 49.7. The molecule has 0 saturated carbocycles. The summed E-state index contributed by atoms with van der Waals surface area (Å²) in [5.41, 5.74) is 0.244. The molecule has 0 spiro atoms. The number of nitro groups is 1. The molecular formula is C36H31ClF3N5O6S2. The molecule has 53 heavy (non-hydrogen) atoms. The van der Waals surface area contributed by atoms with Crippen molar-refractivity contribution in [2.45, 2.75) is 52.6 Å². The van der Waals surface area contributed by atoms with E-state index in [0.717, 1.165) is 33.5 Å². The first-order valence-corrected chi connectivity index (χ1v) is 17.9. The quantitative estimate of drug-likeness (QED) is 0.108. The average molecular weight is 786 g/mol. The van der Waals surface area contributed by atoms with Gasteiger partial charge in [0, 0.05) is 33.8 Å². The Morgan fingerprint density at radius 3 is 1.75 bits per heavy atom. The van der Waals surface area contributed by atoms with Crippen LogP contribution in [-0.2, 0) is 6.18 Å². The Hall–Kier alpha value is -5.32. The van der Waals surface area contributed by atoms with Crippen LogP contribution in [0.15, 0.2) is 81.9 Å². The average Bonchev–Trinajstić information content (AvgIpc) is 3.92. The van der Waals surface area contributed by atoms with E-state index in [1.807, 2.05) is 27.7 Å². The molecule has 2 amide bonds. The molecule has 0 unspecified atom stereocenters. The number of anilines is 2. The van der Waals surface area contributed by atoms with Crippen LogP contribution in [0, 0.1) is 17.0 Å². The molecule has 0 aliphatic heterocycles. The molecule has 2 aromatic carbocycles. The predicted molar refractivity (Wildman–Crippen MR) is 198 cm³/mol. The lowest BCUT2D eigenvalue weighted by molar-refractivity contribution is -0.384. The van der Waals surface area contributed by atoms with Crippen LogP contribution in [0.3, 0.4) is 0 Å². The van der Waals surface area contributed by atoms with Crippen LogP contribution in [0.1, 0.15) is 81.5 Å². The third-order valence-electron chi connectivity index (χ3n) is 7.46. The number of carbonyl (C=O) groups is 2. The van der Waals surface area contributed by atoms with Crippen LogP contribution in [0.2, 0.25) is 5.02 Å². The molecular weight excluding hydrogens is 755 g/mol. The summed E-state index contributed by atoms with van der Waals surface area (Å²) in [6.07, 6.45) is -1.10. The van der Waals surface area contributed by atoms with Crippen molar-refractivity contribution in [1.82, 2.24) is 9.97 Å². The minimum absolute atomic E-state index is 0.0558. The fourth-order valence-corrected chi connectivity index (χ4v) is 6.48. The molecule has 0 aliphatic rings. The Balaban J connectivity index is 0.000000204. The van der Waals surface area contributed by atoms with E-state index in [4.69, 9.17) is 20.4 Å². The molecule has 11 nitrogen and oxygen atoms in total. The lowest BCUT2D eigenvalue weighted by Crippen LogP contribution is -2.10. The number of aryl methyl sites for hydroxylation is 1. The van der Waals surface area contributed by atoms with Crippen molar-refractivity contribution >= 4 is 62.0 Å². The standard InChI is InChI=1S/C18H14ClF3N2O2S.C18H17N3O4S/c1-9(2)15-8-23-17(27-15)24-16(25)14-6-5-13(26-14)11-7-10(18(20,21)22)3-4-12(11)19;1-10(2)16-9-19-18(26-16)20-17(22)15-7-6-14(25-15)12-5-4-11(3)8-13(12)21(23)24/h3-9H,1-2H3,(H,23,24,25);4-10H,1-3H3,(H,19,20,22). The summed E-state index contributed by atoms with van der Waals surface area (Å²) >= 11 is 8.74. The first-order valence-electron chi connectivity index (χ1n) is 15.9. The van der Waals surface area contributed by atoms with Crippen LogP contribution >= 0.6 is 34.3 Å². The number of nitro benzene ring substituents is 1. The largest absolute Gasteiger partial charge is 0.451 e. The maximum Gasteiger partial charge on any atom is 0.416 e. The zero-order valence-corrected chi connectivity index (χ0v) is 31.1. The zero-order chi connectivity index (χ0) is 38.6. The number of amides is 2. The Morgan fingerprint density at radius 1 is 0.792 bits per heavy atom. The predicted octanol–water partition coefficient (Wildman–Crippen LogP) is 11.4. The molecule has 4 heterocycles. The number of hydrogen-bond acceptors (Lipinski definition) is 10. The second-order valence-corrected chi connectivity index (χ2v) is 14.7. The minimum Gasteiger partial charge on any atom is -0.451 e. The van der Waals surface area contributed by atoms with E-state index in [9.17, 15) is 32.9 Å². The molecule has 2 N–H and O–H groups in total. The smallest absolute Gasteiger partial charge is 0.416 e. The summed E-state index contributed by atoms with van der Waals surface area (Å²) in [6, 6.07) is 13.6. The van der Waals surface area contributed by atoms with Crippen molar-refractivity contribution in [3.8, 4) is 22.6 Å². The Labute approximate surface area is 314 Å². The van der Waals surface area contributed by atoms with Gasteiger partial charge in [0.15, 0.2) is 21.8 Å². The minimum atomic E-state index is -4.51. The monoisotopic (exact) mass is 785 g/mol. The van der Waals surface area contributed by atoms with Gasteiger partial charge in [-0.2, -0.15) is 13.2 Å². The SMILES string of the molecule is CC(C)c1cnc(NC(=O)c2ccc(-c3cc(C(F)(F)F)ccc3Cl)o2)s1.Cc1ccc(-c2ccc(C(=O)Nc3ncc(C(C)C)s3)o2)c([N+](=O)[O-])c1. The van der Waals surface area contributed by atoms with Gasteiger partial charge in [0.2, 0.25) is 0 Å². The summed E-state index contributed by atoms with van der Waals surface area (Å²) in [5.74, 6) is -0.0374. The summed E-state index contributed by atoms with van der Waals surface area (Å²) in [6.45, 7) is 9.89. The van der Waals surface area contributed by atoms with Crippen molar-refractivity contribution in [2.24, 2.45) is 0 Å². The number of nitrogens with one attached hydrogen (secondary N) is 2. The Morgan fingerprint density at radius 2 is 1.30 bits per heavy atom. The van der Waals surface area contributed by atoms with Gasteiger partial charge >= 0.3 is 6.18 Å². The lowest BCUT2D eigenvalue weighted by atomic mass is 10.1. The molecule has 0 saturated heterocycles. The van der Waals surface area contributed by atoms with E-state index in [0.29, 0.717) is 21.7 Å². The molecule has 0 aliphatic carbocycles. The van der Waals surface area contributed by atoms with Gasteiger partial charge in [0.25, 0.3) is 17.5 Å². The van der Waals surface area contributed by atoms with Crippen LogP contribution in [-0.4, -0.2) is 26.7 Å². The molecule has 0 atom stereocenters. The summed E-state index contributed by atoms with van der Waals surface area (Å²) in [7, 11) is 0. The lowest BCUT2D eigenvalue weighted by Gasteiger charge is -2.09. The number of halogens is 4. The van der Waals surface area contributed by atoms with Gasteiger partial charge in [-0.1, -0.05) is 45.4 Å². The number of nitrogens with zero attached hydrogens (tertiary/aromatic N) is 3. The highest BCUT2D eigenvalue weighted by molar-refractivity contribution is 7.16. The highest BCUT2D eigenvalue weighted by Crippen LogP contribution is 2.37. The highest BCUT2D eigenvalue weighted by Gasteiger charge is 2.31. The molecule has 6 aromatic rings. The van der Waals surface area contributed by atoms with Gasteiger partial charge in [-0.15, -0.1) is 22.7 Å². The van der Waals surface area contributed by atoms with E-state index in [-0.39, 0.29) is 45.2 Å². The van der Waals surface area contributed by atoms with Gasteiger partial charge in [0.05, 0.1) is 21.1 Å². The van der Waals surface area contributed by atoms with E-state index in [1.165, 1.54) is 46.9 Å².